The van der Waals surface area contributed by atoms with Crippen molar-refractivity contribution in [3.8, 4) is 0 Å². The predicted molar refractivity (Wildman–Crippen MR) is 169 cm³/mol. The fourth-order valence-corrected chi connectivity index (χ4v) is 4.57. The molecule has 0 spiro atoms. The van der Waals surface area contributed by atoms with Gasteiger partial charge in [-0.1, -0.05) is 36.8 Å². The van der Waals surface area contributed by atoms with Gasteiger partial charge in [-0.2, -0.15) is 0 Å². The molecule has 3 amide bonds. The molecular formula is C31H45N7O7. The van der Waals surface area contributed by atoms with Crippen LogP contribution in [0.15, 0.2) is 46.5 Å². The summed E-state index contributed by atoms with van der Waals surface area (Å²) in [7, 11) is 0. The largest absolute Gasteiger partial charge is 0.443 e. The number of nitrogens with one attached hydrogen (secondary N) is 2. The average molecular weight is 628 g/mol. The minimum Gasteiger partial charge on any atom is -0.443 e. The first-order chi connectivity index (χ1) is 21.0. The van der Waals surface area contributed by atoms with Crippen LogP contribution in [0.4, 0.5) is 15.4 Å². The molecule has 3 rings (SSSR count). The van der Waals surface area contributed by atoms with Crippen LogP contribution in [0.5, 0.6) is 0 Å². The number of ether oxygens (including phenoxy) is 2. The molecule has 1 aromatic heterocycles. The van der Waals surface area contributed by atoms with Crippen LogP contribution in [-0.2, 0) is 31.1 Å². The number of oxime groups is 1. The van der Waals surface area contributed by atoms with E-state index in [2.05, 4.69) is 32.9 Å². The number of aromatic nitrogens is 2. The van der Waals surface area contributed by atoms with Gasteiger partial charge < -0.3 is 30.7 Å². The van der Waals surface area contributed by atoms with Crippen molar-refractivity contribution >= 4 is 29.9 Å². The van der Waals surface area contributed by atoms with Gasteiger partial charge in [0, 0.05) is 23.9 Å². The third-order valence-electron chi connectivity index (χ3n) is 6.90. The molecule has 1 saturated carbocycles. The van der Waals surface area contributed by atoms with Crippen LogP contribution >= 0.6 is 0 Å². The summed E-state index contributed by atoms with van der Waals surface area (Å²) in [5.41, 5.74) is 5.32. The Morgan fingerprint density at radius 3 is 2.18 bits per heavy atom. The van der Waals surface area contributed by atoms with E-state index in [0.717, 1.165) is 19.3 Å². The van der Waals surface area contributed by atoms with E-state index in [0.29, 0.717) is 17.1 Å². The highest BCUT2D eigenvalue weighted by Gasteiger charge is 2.38. The SMILES string of the molecule is Cc1cnc(NCC2(c3ccccc3)CCC2)c(=O)n1CC(=O)NCCO/N=C(\N)N(C(=O)OC(C)(C)C)C(=O)OC(C)(C)C. The summed E-state index contributed by atoms with van der Waals surface area (Å²) in [6.07, 6.45) is 2.52. The number of nitrogens with two attached hydrogens (primary N) is 1. The Bertz CT molecular complexity index is 1410. The number of hydrogen-bond acceptors (Lipinski definition) is 10. The summed E-state index contributed by atoms with van der Waals surface area (Å²) in [5.74, 6) is -0.871. The van der Waals surface area contributed by atoms with Crippen molar-refractivity contribution in [2.75, 3.05) is 25.0 Å². The van der Waals surface area contributed by atoms with Crippen LogP contribution < -0.4 is 21.9 Å². The number of benzene rings is 1. The van der Waals surface area contributed by atoms with Gasteiger partial charge in [0.05, 0.1) is 6.54 Å². The molecule has 2 aromatic rings. The standard InChI is InChI=1S/C31H45N7O7/c1-21-18-34-24(35-20-31(14-11-15-31)22-12-9-8-10-13-22)25(40)37(21)19-23(39)33-16-17-43-36-26(32)38(27(41)44-29(2,3)4)28(42)45-30(5,6)7/h8-10,12-13,18H,11,14-17,19-20H2,1-7H3,(H2,32,36)(H,33,39)(H,34,35). The van der Waals surface area contributed by atoms with E-state index < -0.39 is 40.8 Å². The third kappa shape index (κ3) is 9.95. The van der Waals surface area contributed by atoms with Gasteiger partial charge in [0.1, 0.15) is 24.4 Å². The van der Waals surface area contributed by atoms with E-state index in [9.17, 15) is 19.2 Å². The normalized spacial score (nSPS) is 14.5. The summed E-state index contributed by atoms with van der Waals surface area (Å²) in [4.78, 5) is 61.0. The Morgan fingerprint density at radius 2 is 1.64 bits per heavy atom. The van der Waals surface area contributed by atoms with Gasteiger partial charge in [0.25, 0.3) is 11.5 Å². The van der Waals surface area contributed by atoms with E-state index in [4.69, 9.17) is 20.0 Å². The smallest absolute Gasteiger partial charge is 0.427 e. The molecular weight excluding hydrogens is 582 g/mol. The van der Waals surface area contributed by atoms with Gasteiger partial charge in [-0.3, -0.25) is 14.2 Å². The van der Waals surface area contributed by atoms with Crippen molar-refractivity contribution in [1.29, 1.82) is 0 Å². The summed E-state index contributed by atoms with van der Waals surface area (Å²) < 4.78 is 11.8. The summed E-state index contributed by atoms with van der Waals surface area (Å²) in [6, 6.07) is 10.2. The number of hydrogen-bond donors (Lipinski definition) is 3. The van der Waals surface area contributed by atoms with Gasteiger partial charge in [-0.25, -0.2) is 14.6 Å². The molecule has 0 atom stereocenters. The van der Waals surface area contributed by atoms with E-state index in [1.165, 1.54) is 10.1 Å². The Balaban J connectivity index is 1.56. The topological polar surface area (TPSA) is 179 Å². The van der Waals surface area contributed by atoms with Crippen molar-refractivity contribution in [2.45, 2.75) is 90.9 Å². The monoisotopic (exact) mass is 627 g/mol. The second-order valence-electron chi connectivity index (χ2n) is 12.9. The minimum atomic E-state index is -1.09. The highest BCUT2D eigenvalue weighted by molar-refractivity contribution is 6.07. The fraction of sp³-hybridized carbons (Fsp3) is 0.548. The fourth-order valence-electron chi connectivity index (χ4n) is 4.57. The van der Waals surface area contributed by atoms with Gasteiger partial charge >= 0.3 is 12.2 Å². The Hall–Kier alpha value is -4.62. The van der Waals surface area contributed by atoms with Crippen LogP contribution in [0, 0.1) is 6.92 Å². The number of nitrogens with zero attached hydrogens (tertiary/aromatic N) is 4. The second-order valence-corrected chi connectivity index (χ2v) is 12.9. The number of guanidine groups is 1. The van der Waals surface area contributed by atoms with E-state index >= 15 is 0 Å². The lowest BCUT2D eigenvalue weighted by Gasteiger charge is -2.42. The molecule has 4 N–H and O–H groups in total. The van der Waals surface area contributed by atoms with E-state index in [-0.39, 0.29) is 30.9 Å². The van der Waals surface area contributed by atoms with Crippen LogP contribution in [-0.4, -0.2) is 69.4 Å². The molecule has 14 heteroatoms. The molecule has 0 bridgehead atoms. The van der Waals surface area contributed by atoms with Crippen LogP contribution in [0.3, 0.4) is 0 Å². The second kappa shape index (κ2) is 14.4. The van der Waals surface area contributed by atoms with Gasteiger partial charge in [0.2, 0.25) is 5.91 Å². The minimum absolute atomic E-state index is 0.00191. The Kier molecular flexibility index (Phi) is 11.2. The zero-order chi connectivity index (χ0) is 33.4. The maximum atomic E-state index is 13.2. The first-order valence-electron chi connectivity index (χ1n) is 14.9. The molecule has 0 radical (unpaired) electrons. The molecule has 0 aliphatic heterocycles. The lowest BCUT2D eigenvalue weighted by molar-refractivity contribution is -0.122. The van der Waals surface area contributed by atoms with Crippen molar-refractivity contribution in [1.82, 2.24) is 19.8 Å². The van der Waals surface area contributed by atoms with Crippen molar-refractivity contribution in [2.24, 2.45) is 10.9 Å². The molecule has 246 valence electrons. The number of imide groups is 1. The first-order valence-corrected chi connectivity index (χ1v) is 14.9. The first kappa shape index (κ1) is 34.9. The van der Waals surface area contributed by atoms with Crippen molar-refractivity contribution in [3.63, 3.8) is 0 Å². The molecule has 1 aliphatic rings. The number of carbonyl (C=O) groups excluding carboxylic acids is 3. The molecule has 0 unspecified atom stereocenters. The van der Waals surface area contributed by atoms with Crippen molar-refractivity contribution in [3.05, 3.63) is 58.1 Å². The molecule has 45 heavy (non-hydrogen) atoms. The predicted octanol–water partition coefficient (Wildman–Crippen LogP) is 3.62. The Labute approximate surface area is 263 Å². The molecule has 1 heterocycles. The Morgan fingerprint density at radius 1 is 1.04 bits per heavy atom. The van der Waals surface area contributed by atoms with Crippen LogP contribution in [0.1, 0.15) is 72.1 Å². The highest BCUT2D eigenvalue weighted by Crippen LogP contribution is 2.43. The maximum Gasteiger partial charge on any atom is 0.427 e. The van der Waals surface area contributed by atoms with E-state index in [1.807, 2.05) is 18.2 Å². The van der Waals surface area contributed by atoms with Crippen molar-refractivity contribution < 1.29 is 28.7 Å². The summed E-state index contributed by atoms with van der Waals surface area (Å²) >= 11 is 0. The number of amides is 3. The highest BCUT2D eigenvalue weighted by atomic mass is 16.6. The molecule has 0 saturated heterocycles. The quantitative estimate of drug-likeness (QED) is 0.152. The third-order valence-corrected chi connectivity index (χ3v) is 6.90. The number of aryl methyl sites for hydroxylation is 1. The van der Waals surface area contributed by atoms with Gasteiger partial charge in [0.15, 0.2) is 5.82 Å². The number of anilines is 1. The average Bonchev–Trinajstić information content (AvgIpc) is 2.90. The molecule has 1 aromatic carbocycles. The maximum absolute atomic E-state index is 13.2. The summed E-state index contributed by atoms with van der Waals surface area (Å²) in [6.45, 7) is 11.6. The zero-order valence-corrected chi connectivity index (χ0v) is 27.1. The molecule has 1 aliphatic carbocycles. The lowest BCUT2D eigenvalue weighted by atomic mass is 9.64. The van der Waals surface area contributed by atoms with Crippen LogP contribution in [0.2, 0.25) is 0 Å². The number of carbonyl (C=O) groups is 3. The zero-order valence-electron chi connectivity index (χ0n) is 27.1. The lowest BCUT2D eigenvalue weighted by Crippen LogP contribution is -2.50. The molecule has 14 nitrogen and oxygen atoms in total. The van der Waals surface area contributed by atoms with Gasteiger partial charge in [-0.15, -0.1) is 4.90 Å². The van der Waals surface area contributed by atoms with E-state index in [1.54, 1.807) is 54.7 Å². The van der Waals surface area contributed by atoms with Gasteiger partial charge in [-0.05, 0) is 72.0 Å². The van der Waals surface area contributed by atoms with Crippen LogP contribution in [0.25, 0.3) is 0 Å². The summed E-state index contributed by atoms with van der Waals surface area (Å²) in [5, 5.41) is 9.48. The molecule has 1 fully saturated rings. The number of rotatable bonds is 10.